The van der Waals surface area contributed by atoms with E-state index in [1.807, 2.05) is 6.92 Å². The van der Waals surface area contributed by atoms with Gasteiger partial charge in [-0.05, 0) is 13.3 Å². The summed E-state index contributed by atoms with van der Waals surface area (Å²) in [5.41, 5.74) is 0. The van der Waals surface area contributed by atoms with E-state index in [1.54, 1.807) is 19.0 Å². The Morgan fingerprint density at radius 1 is 1.38 bits per heavy atom. The molecule has 0 radical (unpaired) electrons. The van der Waals surface area contributed by atoms with Crippen LogP contribution >= 0.6 is 0 Å². The summed E-state index contributed by atoms with van der Waals surface area (Å²) in [4.78, 5) is 13.1. The van der Waals surface area contributed by atoms with Crippen molar-refractivity contribution < 1.29 is 9.53 Å². The number of hydrogen-bond donors (Lipinski definition) is 0. The summed E-state index contributed by atoms with van der Waals surface area (Å²) in [5, 5.41) is 0. The second kappa shape index (κ2) is 6.89. The van der Waals surface area contributed by atoms with Gasteiger partial charge in [0.05, 0.1) is 0 Å². The van der Waals surface area contributed by atoms with E-state index in [2.05, 4.69) is 6.92 Å². The molecule has 1 atom stereocenters. The maximum Gasteiger partial charge on any atom is 0.251 e. The van der Waals surface area contributed by atoms with E-state index in [-0.39, 0.29) is 12.0 Å². The fraction of sp³-hybridized carbons (Fsp3) is 0.900. The molecule has 0 heterocycles. The number of unbranched alkanes of at least 4 members (excludes halogenated alkanes) is 1. The van der Waals surface area contributed by atoms with Crippen molar-refractivity contribution in [3.8, 4) is 0 Å². The Labute approximate surface area is 81.1 Å². The van der Waals surface area contributed by atoms with Crippen molar-refractivity contribution in [1.29, 1.82) is 0 Å². The first-order chi connectivity index (χ1) is 6.13. The summed E-state index contributed by atoms with van der Waals surface area (Å²) in [6, 6.07) is 0. The van der Waals surface area contributed by atoms with E-state index >= 15 is 0 Å². The predicted octanol–water partition coefficient (Wildman–Crippen LogP) is 1.67. The van der Waals surface area contributed by atoms with Crippen LogP contribution in [0.5, 0.6) is 0 Å². The lowest BCUT2D eigenvalue weighted by Crippen LogP contribution is -2.35. The Morgan fingerprint density at radius 3 is 2.38 bits per heavy atom. The van der Waals surface area contributed by atoms with E-state index in [0.29, 0.717) is 6.61 Å². The molecule has 0 N–H and O–H groups in total. The smallest absolute Gasteiger partial charge is 0.251 e. The highest BCUT2D eigenvalue weighted by atomic mass is 16.5. The van der Waals surface area contributed by atoms with Crippen LogP contribution in [0.15, 0.2) is 0 Å². The molecule has 3 nitrogen and oxygen atoms in total. The van der Waals surface area contributed by atoms with Crippen LogP contribution in [0.4, 0.5) is 0 Å². The van der Waals surface area contributed by atoms with Crippen molar-refractivity contribution in [3.63, 3.8) is 0 Å². The Kier molecular flexibility index (Phi) is 6.59. The number of carbonyl (C=O) groups excluding carboxylic acids is 1. The highest BCUT2D eigenvalue weighted by molar-refractivity contribution is 5.80. The Bertz CT molecular complexity index is 146. The third-order valence-electron chi connectivity index (χ3n) is 1.90. The number of amides is 1. The van der Waals surface area contributed by atoms with Crippen LogP contribution < -0.4 is 0 Å². The van der Waals surface area contributed by atoms with Gasteiger partial charge >= 0.3 is 0 Å². The van der Waals surface area contributed by atoms with Gasteiger partial charge in [-0.15, -0.1) is 0 Å². The molecule has 0 aromatic rings. The van der Waals surface area contributed by atoms with E-state index in [9.17, 15) is 4.79 Å². The topological polar surface area (TPSA) is 29.5 Å². The molecule has 0 saturated heterocycles. The first kappa shape index (κ1) is 12.4. The van der Waals surface area contributed by atoms with Crippen molar-refractivity contribution in [3.05, 3.63) is 0 Å². The number of likely N-dealkylation sites (N-methyl/N-ethyl adjacent to an activating group) is 1. The van der Waals surface area contributed by atoms with Crippen molar-refractivity contribution >= 4 is 5.91 Å². The van der Waals surface area contributed by atoms with Crippen LogP contribution in [0.3, 0.4) is 0 Å². The first-order valence-electron chi connectivity index (χ1n) is 4.96. The monoisotopic (exact) mass is 187 g/mol. The summed E-state index contributed by atoms with van der Waals surface area (Å²) in [6.45, 7) is 4.64. The summed E-state index contributed by atoms with van der Waals surface area (Å²) >= 11 is 0. The molecule has 13 heavy (non-hydrogen) atoms. The molecule has 0 aromatic carbocycles. The average molecular weight is 187 g/mol. The summed E-state index contributed by atoms with van der Waals surface area (Å²) in [5.74, 6) is 0.0790. The largest absolute Gasteiger partial charge is 0.369 e. The van der Waals surface area contributed by atoms with E-state index in [4.69, 9.17) is 4.74 Å². The second-order valence-corrected chi connectivity index (χ2v) is 3.32. The molecule has 0 aliphatic rings. The third-order valence-corrected chi connectivity index (χ3v) is 1.90. The number of rotatable bonds is 6. The van der Waals surface area contributed by atoms with Crippen molar-refractivity contribution in [2.45, 2.75) is 39.2 Å². The van der Waals surface area contributed by atoms with Gasteiger partial charge < -0.3 is 9.64 Å². The van der Waals surface area contributed by atoms with Gasteiger partial charge in [0, 0.05) is 20.7 Å². The molecule has 0 bridgehead atoms. The minimum Gasteiger partial charge on any atom is -0.369 e. The molecular weight excluding hydrogens is 166 g/mol. The zero-order valence-corrected chi connectivity index (χ0v) is 9.17. The quantitative estimate of drug-likeness (QED) is 0.633. The molecule has 0 aliphatic heterocycles. The van der Waals surface area contributed by atoms with Crippen LogP contribution in [0.2, 0.25) is 0 Å². The van der Waals surface area contributed by atoms with Gasteiger partial charge in [-0.1, -0.05) is 19.8 Å². The van der Waals surface area contributed by atoms with Crippen LogP contribution in [0, 0.1) is 0 Å². The van der Waals surface area contributed by atoms with Gasteiger partial charge in [-0.3, -0.25) is 4.79 Å². The van der Waals surface area contributed by atoms with Gasteiger partial charge in [-0.2, -0.15) is 0 Å². The Hall–Kier alpha value is -0.570. The lowest BCUT2D eigenvalue weighted by Gasteiger charge is -2.19. The Balaban J connectivity index is 3.99. The summed E-state index contributed by atoms with van der Waals surface area (Å²) in [6.07, 6.45) is 2.75. The number of hydrogen-bond acceptors (Lipinski definition) is 2. The Morgan fingerprint density at radius 2 is 2.00 bits per heavy atom. The summed E-state index contributed by atoms with van der Waals surface area (Å²) < 4.78 is 5.38. The van der Waals surface area contributed by atoms with E-state index in [1.165, 1.54) is 0 Å². The molecule has 0 fully saturated rings. The first-order valence-corrected chi connectivity index (χ1v) is 4.96. The molecule has 1 amide bonds. The fourth-order valence-corrected chi connectivity index (χ4v) is 1.16. The maximum absolute atomic E-state index is 11.5. The van der Waals surface area contributed by atoms with Crippen LogP contribution in [-0.2, 0) is 9.53 Å². The number of ether oxygens (including phenoxy) is 1. The molecule has 3 heteroatoms. The van der Waals surface area contributed by atoms with Crippen LogP contribution in [0.25, 0.3) is 0 Å². The van der Waals surface area contributed by atoms with Gasteiger partial charge in [-0.25, -0.2) is 0 Å². The van der Waals surface area contributed by atoms with Crippen LogP contribution in [0.1, 0.15) is 33.1 Å². The maximum atomic E-state index is 11.5. The molecule has 78 valence electrons. The second-order valence-electron chi connectivity index (χ2n) is 3.32. The average Bonchev–Trinajstić information content (AvgIpc) is 2.11. The fourth-order valence-electron chi connectivity index (χ4n) is 1.16. The number of nitrogens with zero attached hydrogens (tertiary/aromatic N) is 1. The highest BCUT2D eigenvalue weighted by Gasteiger charge is 2.19. The predicted molar refractivity (Wildman–Crippen MR) is 53.6 cm³/mol. The SMILES string of the molecule is CCCCC(OCC)C(=O)N(C)C. The highest BCUT2D eigenvalue weighted by Crippen LogP contribution is 2.07. The van der Waals surface area contributed by atoms with Crippen molar-refractivity contribution in [2.24, 2.45) is 0 Å². The molecule has 0 aromatic heterocycles. The third kappa shape index (κ3) is 4.88. The minimum absolute atomic E-state index is 0.0790. The normalized spacial score (nSPS) is 12.6. The minimum atomic E-state index is -0.236. The lowest BCUT2D eigenvalue weighted by molar-refractivity contribution is -0.141. The zero-order valence-electron chi connectivity index (χ0n) is 9.17. The molecule has 0 spiro atoms. The van der Waals surface area contributed by atoms with E-state index in [0.717, 1.165) is 19.3 Å². The summed E-state index contributed by atoms with van der Waals surface area (Å²) in [7, 11) is 3.53. The van der Waals surface area contributed by atoms with Crippen LogP contribution in [-0.4, -0.2) is 37.6 Å². The van der Waals surface area contributed by atoms with Gasteiger partial charge in [0.25, 0.3) is 5.91 Å². The molecule has 0 rings (SSSR count). The van der Waals surface area contributed by atoms with Crippen molar-refractivity contribution in [2.75, 3.05) is 20.7 Å². The van der Waals surface area contributed by atoms with Gasteiger partial charge in [0.1, 0.15) is 6.10 Å². The van der Waals surface area contributed by atoms with Gasteiger partial charge in [0.15, 0.2) is 0 Å². The molecular formula is C10H21NO2. The number of carbonyl (C=O) groups is 1. The lowest BCUT2D eigenvalue weighted by atomic mass is 10.1. The molecule has 0 aliphatic carbocycles. The van der Waals surface area contributed by atoms with Crippen molar-refractivity contribution in [1.82, 2.24) is 4.90 Å². The molecule has 0 saturated carbocycles. The van der Waals surface area contributed by atoms with Gasteiger partial charge in [0.2, 0.25) is 0 Å². The molecule has 1 unspecified atom stereocenters. The standard InChI is InChI=1S/C10H21NO2/c1-5-7-8-9(13-6-2)10(12)11(3)4/h9H,5-8H2,1-4H3. The zero-order chi connectivity index (χ0) is 10.3. The van der Waals surface area contributed by atoms with E-state index < -0.39 is 0 Å².